The van der Waals surface area contributed by atoms with Gasteiger partial charge >= 0.3 is 0 Å². The van der Waals surface area contributed by atoms with Crippen LogP contribution in [-0.4, -0.2) is 33.8 Å². The molecule has 1 atom stereocenters. The first-order valence-electron chi connectivity index (χ1n) is 2.83. The van der Waals surface area contributed by atoms with E-state index in [0.717, 1.165) is 6.54 Å². The summed E-state index contributed by atoms with van der Waals surface area (Å²) in [4.78, 5) is 1.95. The summed E-state index contributed by atoms with van der Waals surface area (Å²) in [5, 5.41) is 0. The van der Waals surface area contributed by atoms with Gasteiger partial charge in [-0.2, -0.15) is 0 Å². The number of hydrogen-bond donors (Lipinski definition) is 0. The molecule has 1 aliphatic rings. The second kappa shape index (κ2) is 3.14. The summed E-state index contributed by atoms with van der Waals surface area (Å²) in [5.74, 6) is 0.510. The van der Waals surface area contributed by atoms with E-state index in [-0.39, 0.29) is 0 Å². The van der Waals surface area contributed by atoms with Crippen LogP contribution in [0.25, 0.3) is 0 Å². The fraction of sp³-hybridized carbons (Fsp3) is 0.600. The van der Waals surface area contributed by atoms with Gasteiger partial charge in [-0.05, 0) is 13.1 Å². The number of hydrogen-bond acceptors (Lipinski definition) is 4. The maximum Gasteiger partial charge on any atom is 0.139 e. The Morgan fingerprint density at radius 1 is 1.90 bits per heavy atom. The van der Waals surface area contributed by atoms with Crippen molar-refractivity contribution in [3.63, 3.8) is 0 Å². The summed E-state index contributed by atoms with van der Waals surface area (Å²) in [5.41, 5.74) is 0. The summed E-state index contributed by atoms with van der Waals surface area (Å²) in [6.45, 7) is 1.33. The van der Waals surface area contributed by atoms with Gasteiger partial charge in [0.15, 0.2) is 0 Å². The Morgan fingerprint density at radius 2 is 2.60 bits per heavy atom. The minimum Gasteiger partial charge on any atom is -0.740 e. The standard InChI is InChI=1S/C5H9NO3S/c1-6-3-2-5(4-6)9-10(7)8/h2H,3-4H2,1H3,(H,7,8)/p-1. The van der Waals surface area contributed by atoms with Crippen molar-refractivity contribution in [2.45, 2.75) is 0 Å². The van der Waals surface area contributed by atoms with E-state index in [1.54, 1.807) is 6.08 Å². The fourth-order valence-electron chi connectivity index (χ4n) is 0.801. The molecule has 1 heterocycles. The SMILES string of the molecule is CN1CC=C(OS(=O)[O-])C1. The van der Waals surface area contributed by atoms with Gasteiger partial charge in [-0.3, -0.25) is 4.90 Å². The van der Waals surface area contributed by atoms with E-state index in [1.165, 1.54) is 0 Å². The third-order valence-corrected chi connectivity index (χ3v) is 1.58. The smallest absolute Gasteiger partial charge is 0.139 e. The monoisotopic (exact) mass is 162 g/mol. The van der Waals surface area contributed by atoms with Crippen LogP contribution in [0.2, 0.25) is 0 Å². The minimum absolute atomic E-state index is 0.510. The molecule has 0 N–H and O–H groups in total. The van der Waals surface area contributed by atoms with Crippen molar-refractivity contribution in [2.75, 3.05) is 20.1 Å². The molecule has 0 aromatic heterocycles. The van der Waals surface area contributed by atoms with Crippen LogP contribution < -0.4 is 0 Å². The first-order valence-corrected chi connectivity index (χ1v) is 3.83. The molecule has 0 saturated heterocycles. The number of rotatable bonds is 2. The molecule has 0 saturated carbocycles. The van der Waals surface area contributed by atoms with E-state index >= 15 is 0 Å². The van der Waals surface area contributed by atoms with Crippen LogP contribution in [0.4, 0.5) is 0 Å². The van der Waals surface area contributed by atoms with Gasteiger partial charge in [0, 0.05) is 6.54 Å². The van der Waals surface area contributed by atoms with E-state index in [2.05, 4.69) is 4.18 Å². The molecule has 1 aliphatic heterocycles. The maximum absolute atomic E-state index is 9.98. The van der Waals surface area contributed by atoms with E-state index < -0.39 is 11.4 Å². The van der Waals surface area contributed by atoms with Gasteiger partial charge < -0.3 is 8.74 Å². The Labute approximate surface area is 62.0 Å². The zero-order valence-electron chi connectivity index (χ0n) is 5.57. The van der Waals surface area contributed by atoms with Crippen LogP contribution >= 0.6 is 0 Å². The predicted molar refractivity (Wildman–Crippen MR) is 35.6 cm³/mol. The van der Waals surface area contributed by atoms with Crippen molar-refractivity contribution in [1.29, 1.82) is 0 Å². The largest absolute Gasteiger partial charge is 0.740 e. The summed E-state index contributed by atoms with van der Waals surface area (Å²) >= 11 is -2.42. The molecular weight excluding hydrogens is 154 g/mol. The molecule has 0 aromatic rings. The molecule has 1 unspecified atom stereocenters. The van der Waals surface area contributed by atoms with Gasteiger partial charge in [-0.15, -0.1) is 0 Å². The zero-order valence-corrected chi connectivity index (χ0v) is 6.39. The van der Waals surface area contributed by atoms with E-state index in [1.807, 2.05) is 11.9 Å². The molecule has 0 amide bonds. The Morgan fingerprint density at radius 3 is 3.00 bits per heavy atom. The topological polar surface area (TPSA) is 52.6 Å². The van der Waals surface area contributed by atoms with Crippen molar-refractivity contribution >= 4 is 11.4 Å². The molecule has 0 aliphatic carbocycles. The highest BCUT2D eigenvalue weighted by Crippen LogP contribution is 2.08. The van der Waals surface area contributed by atoms with Crippen molar-refractivity contribution in [3.05, 3.63) is 11.8 Å². The van der Waals surface area contributed by atoms with Crippen LogP contribution in [0.5, 0.6) is 0 Å². The lowest BCUT2D eigenvalue weighted by Crippen LogP contribution is -2.14. The van der Waals surface area contributed by atoms with Crippen molar-refractivity contribution in [3.8, 4) is 0 Å². The van der Waals surface area contributed by atoms with Gasteiger partial charge in [-0.1, -0.05) is 0 Å². The quantitative estimate of drug-likeness (QED) is 0.520. The summed E-state index contributed by atoms with van der Waals surface area (Å²) < 4.78 is 24.4. The fourth-order valence-corrected chi connectivity index (χ4v) is 1.10. The van der Waals surface area contributed by atoms with Crippen molar-refractivity contribution in [1.82, 2.24) is 4.90 Å². The molecule has 1 rings (SSSR count). The van der Waals surface area contributed by atoms with Crippen LogP contribution in [0, 0.1) is 0 Å². The van der Waals surface area contributed by atoms with E-state index in [0.29, 0.717) is 12.3 Å². The summed E-state index contributed by atoms with van der Waals surface area (Å²) in [7, 11) is 1.89. The highest BCUT2D eigenvalue weighted by atomic mass is 32.2. The van der Waals surface area contributed by atoms with Crippen molar-refractivity contribution < 1.29 is 12.9 Å². The lowest BCUT2D eigenvalue weighted by Gasteiger charge is -2.09. The normalized spacial score (nSPS) is 22.4. The highest BCUT2D eigenvalue weighted by Gasteiger charge is 2.10. The van der Waals surface area contributed by atoms with Gasteiger partial charge in [0.1, 0.15) is 17.1 Å². The summed E-state index contributed by atoms with van der Waals surface area (Å²) in [6.07, 6.45) is 1.75. The first kappa shape index (κ1) is 7.71. The second-order valence-electron chi connectivity index (χ2n) is 2.15. The molecule has 4 nitrogen and oxygen atoms in total. The minimum atomic E-state index is -2.42. The third-order valence-electron chi connectivity index (χ3n) is 1.23. The van der Waals surface area contributed by atoms with Gasteiger partial charge in [0.25, 0.3) is 0 Å². The molecular formula is C5H8NO3S-. The average Bonchev–Trinajstić information content (AvgIpc) is 2.13. The molecule has 0 spiro atoms. The Hall–Kier alpha value is -0.390. The van der Waals surface area contributed by atoms with E-state index in [9.17, 15) is 8.76 Å². The highest BCUT2D eigenvalue weighted by molar-refractivity contribution is 7.74. The zero-order chi connectivity index (χ0) is 7.56. The molecule has 0 radical (unpaired) electrons. The Bertz CT molecular complexity index is 180. The lowest BCUT2D eigenvalue weighted by molar-refractivity contribution is 0.337. The lowest BCUT2D eigenvalue weighted by atomic mass is 10.5. The Balaban J connectivity index is 2.37. The number of likely N-dealkylation sites (N-methyl/N-ethyl adjacent to an activating group) is 1. The second-order valence-corrected chi connectivity index (χ2v) is 2.73. The molecule has 5 heteroatoms. The predicted octanol–water partition coefficient (Wildman–Crippen LogP) is -0.374. The van der Waals surface area contributed by atoms with Gasteiger partial charge in [0.2, 0.25) is 0 Å². The molecule has 0 bridgehead atoms. The van der Waals surface area contributed by atoms with Gasteiger partial charge in [-0.25, -0.2) is 4.21 Å². The van der Waals surface area contributed by atoms with Crippen molar-refractivity contribution in [2.24, 2.45) is 0 Å². The first-order chi connectivity index (χ1) is 4.68. The van der Waals surface area contributed by atoms with E-state index in [4.69, 9.17) is 0 Å². The average molecular weight is 162 g/mol. The molecule has 10 heavy (non-hydrogen) atoms. The molecule has 58 valence electrons. The van der Waals surface area contributed by atoms with Crippen LogP contribution in [0.3, 0.4) is 0 Å². The molecule has 0 fully saturated rings. The Kier molecular flexibility index (Phi) is 2.42. The van der Waals surface area contributed by atoms with Crippen LogP contribution in [-0.2, 0) is 15.5 Å². The van der Waals surface area contributed by atoms with Crippen LogP contribution in [0.1, 0.15) is 0 Å². The molecule has 0 aromatic carbocycles. The number of nitrogens with zero attached hydrogens (tertiary/aromatic N) is 1. The van der Waals surface area contributed by atoms with Crippen LogP contribution in [0.15, 0.2) is 11.8 Å². The third kappa shape index (κ3) is 2.09. The maximum atomic E-state index is 9.98. The van der Waals surface area contributed by atoms with Gasteiger partial charge in [0.05, 0.1) is 6.54 Å². The summed E-state index contributed by atoms with van der Waals surface area (Å²) in [6, 6.07) is 0.